The number of nitrogens with one attached hydrogen (secondary N) is 1. The second-order valence-corrected chi connectivity index (χ2v) is 3.94. The van der Waals surface area contributed by atoms with Crippen LogP contribution in [0.3, 0.4) is 0 Å². The van der Waals surface area contributed by atoms with Crippen LogP contribution in [0.25, 0.3) is 0 Å². The number of aromatic nitrogens is 2. The highest BCUT2D eigenvalue weighted by molar-refractivity contribution is 5.74. The van der Waals surface area contributed by atoms with Gasteiger partial charge in [-0.2, -0.15) is 0 Å². The van der Waals surface area contributed by atoms with Gasteiger partial charge in [0.2, 0.25) is 11.6 Å². The Kier molecular flexibility index (Phi) is 3.74. The van der Waals surface area contributed by atoms with E-state index >= 15 is 0 Å². The number of rotatable bonds is 4. The molecule has 0 aliphatic rings. The van der Waals surface area contributed by atoms with Crippen LogP contribution in [0.2, 0.25) is 0 Å². The van der Waals surface area contributed by atoms with Crippen LogP contribution in [0, 0.1) is 15.9 Å². The monoisotopic (exact) mass is 277 g/mol. The number of nitrogens with zero attached hydrogens (tertiary/aromatic N) is 4. The first-order valence-electron chi connectivity index (χ1n) is 5.71. The van der Waals surface area contributed by atoms with Crippen molar-refractivity contribution in [2.75, 3.05) is 24.3 Å². The lowest BCUT2D eigenvalue weighted by atomic mass is 10.2. The third-order valence-electron chi connectivity index (χ3n) is 2.74. The van der Waals surface area contributed by atoms with Gasteiger partial charge in [-0.25, -0.2) is 14.4 Å². The second-order valence-electron chi connectivity index (χ2n) is 3.94. The summed E-state index contributed by atoms with van der Waals surface area (Å²) in [5, 5.41) is 13.8. The van der Waals surface area contributed by atoms with Crippen molar-refractivity contribution >= 4 is 23.0 Å². The molecule has 8 heteroatoms. The smallest absolute Gasteiger partial charge is 0.353 e. The highest BCUT2D eigenvalue weighted by Gasteiger charge is 2.25. The molecule has 2 aromatic rings. The molecule has 0 aliphatic carbocycles. The van der Waals surface area contributed by atoms with Crippen LogP contribution in [0.15, 0.2) is 30.6 Å². The standard InChI is InChI=1S/C12H12FN5O2/c1-14-11-10(18(19)20)12(16-7-15-11)17(2)9-5-3-4-8(13)6-9/h3-7H,1-2H3,(H,14,15,16). The van der Waals surface area contributed by atoms with Crippen LogP contribution in [-0.4, -0.2) is 29.0 Å². The number of hydrogen-bond acceptors (Lipinski definition) is 6. The minimum Gasteiger partial charge on any atom is -0.367 e. The number of nitro groups is 1. The van der Waals surface area contributed by atoms with Gasteiger partial charge in [-0.15, -0.1) is 0 Å². The molecule has 0 spiro atoms. The average Bonchev–Trinajstić information content (AvgIpc) is 2.45. The van der Waals surface area contributed by atoms with Gasteiger partial charge in [0.05, 0.1) is 4.92 Å². The first kappa shape index (κ1) is 13.7. The first-order valence-corrected chi connectivity index (χ1v) is 5.71. The quantitative estimate of drug-likeness (QED) is 0.682. The molecular formula is C12H12FN5O2. The predicted molar refractivity (Wildman–Crippen MR) is 72.7 cm³/mol. The second kappa shape index (κ2) is 5.47. The van der Waals surface area contributed by atoms with E-state index in [9.17, 15) is 14.5 Å². The van der Waals surface area contributed by atoms with Crippen LogP contribution in [0.5, 0.6) is 0 Å². The summed E-state index contributed by atoms with van der Waals surface area (Å²) in [4.78, 5) is 19.8. The van der Waals surface area contributed by atoms with Crippen molar-refractivity contribution < 1.29 is 9.31 Å². The van der Waals surface area contributed by atoms with E-state index < -0.39 is 10.7 Å². The molecule has 0 saturated heterocycles. The third-order valence-corrected chi connectivity index (χ3v) is 2.74. The fourth-order valence-corrected chi connectivity index (χ4v) is 1.77. The summed E-state index contributed by atoms with van der Waals surface area (Å²) >= 11 is 0. The van der Waals surface area contributed by atoms with Crippen molar-refractivity contribution in [1.82, 2.24) is 9.97 Å². The Morgan fingerprint density at radius 1 is 1.40 bits per heavy atom. The summed E-state index contributed by atoms with van der Waals surface area (Å²) in [6, 6.07) is 5.72. The predicted octanol–water partition coefficient (Wildman–Crippen LogP) is 2.33. The normalized spacial score (nSPS) is 10.2. The van der Waals surface area contributed by atoms with Gasteiger partial charge >= 0.3 is 5.69 Å². The molecule has 0 radical (unpaired) electrons. The van der Waals surface area contributed by atoms with Crippen LogP contribution in [0.1, 0.15) is 0 Å². The van der Waals surface area contributed by atoms with E-state index in [-0.39, 0.29) is 17.3 Å². The summed E-state index contributed by atoms with van der Waals surface area (Å²) in [5.41, 5.74) is 0.190. The van der Waals surface area contributed by atoms with Crippen molar-refractivity contribution in [3.8, 4) is 0 Å². The summed E-state index contributed by atoms with van der Waals surface area (Å²) in [5.74, 6) is -0.247. The number of anilines is 3. The van der Waals surface area contributed by atoms with Gasteiger partial charge in [-0.3, -0.25) is 10.1 Å². The molecular weight excluding hydrogens is 265 g/mol. The maximum Gasteiger partial charge on any atom is 0.353 e. The molecule has 20 heavy (non-hydrogen) atoms. The zero-order valence-electron chi connectivity index (χ0n) is 10.9. The molecule has 0 amide bonds. The van der Waals surface area contributed by atoms with Crippen molar-refractivity contribution in [3.63, 3.8) is 0 Å². The highest BCUT2D eigenvalue weighted by atomic mass is 19.1. The van der Waals surface area contributed by atoms with Crippen LogP contribution < -0.4 is 10.2 Å². The highest BCUT2D eigenvalue weighted by Crippen LogP contribution is 2.34. The Labute approximate surface area is 114 Å². The Morgan fingerprint density at radius 3 is 2.75 bits per heavy atom. The van der Waals surface area contributed by atoms with Crippen molar-refractivity contribution in [1.29, 1.82) is 0 Å². The molecule has 1 aromatic carbocycles. The summed E-state index contributed by atoms with van der Waals surface area (Å²) in [6.07, 6.45) is 1.21. The summed E-state index contributed by atoms with van der Waals surface area (Å²) in [7, 11) is 3.10. The van der Waals surface area contributed by atoms with E-state index in [0.717, 1.165) is 0 Å². The van der Waals surface area contributed by atoms with Gasteiger partial charge in [-0.1, -0.05) is 6.07 Å². The molecule has 1 N–H and O–H groups in total. The average molecular weight is 277 g/mol. The van der Waals surface area contributed by atoms with Gasteiger partial charge in [0.15, 0.2) is 0 Å². The van der Waals surface area contributed by atoms with Crippen molar-refractivity contribution in [2.45, 2.75) is 0 Å². The van der Waals surface area contributed by atoms with E-state index in [1.807, 2.05) is 0 Å². The Morgan fingerprint density at radius 2 is 2.15 bits per heavy atom. The van der Waals surface area contributed by atoms with Gasteiger partial charge in [0.25, 0.3) is 0 Å². The summed E-state index contributed by atoms with van der Waals surface area (Å²) < 4.78 is 13.2. The number of hydrogen-bond donors (Lipinski definition) is 1. The summed E-state index contributed by atoms with van der Waals surface area (Å²) in [6.45, 7) is 0. The van der Waals surface area contributed by atoms with Gasteiger partial charge < -0.3 is 10.2 Å². The minimum absolute atomic E-state index is 0.0833. The zero-order chi connectivity index (χ0) is 14.7. The number of benzene rings is 1. The van der Waals surface area contributed by atoms with Gasteiger partial charge in [0, 0.05) is 19.8 Å². The maximum absolute atomic E-state index is 13.2. The Bertz CT molecular complexity index is 649. The molecule has 1 heterocycles. The third kappa shape index (κ3) is 2.48. The van der Waals surface area contributed by atoms with Crippen LogP contribution >= 0.6 is 0 Å². The van der Waals surface area contributed by atoms with Crippen molar-refractivity contribution in [2.24, 2.45) is 0 Å². The van der Waals surface area contributed by atoms with E-state index in [1.54, 1.807) is 13.1 Å². The molecule has 1 aromatic heterocycles. The first-order chi connectivity index (χ1) is 9.54. The molecule has 0 atom stereocenters. The zero-order valence-corrected chi connectivity index (χ0v) is 10.9. The van der Waals surface area contributed by atoms with Gasteiger partial charge in [0.1, 0.15) is 12.1 Å². The molecule has 104 valence electrons. The minimum atomic E-state index is -0.572. The molecule has 0 unspecified atom stereocenters. The fraction of sp³-hybridized carbons (Fsp3) is 0.167. The van der Waals surface area contributed by atoms with E-state index in [1.165, 1.54) is 36.5 Å². The van der Waals surface area contributed by atoms with E-state index in [2.05, 4.69) is 15.3 Å². The van der Waals surface area contributed by atoms with Gasteiger partial charge in [-0.05, 0) is 18.2 Å². The topological polar surface area (TPSA) is 84.2 Å². The molecule has 2 rings (SSSR count). The molecule has 7 nitrogen and oxygen atoms in total. The lowest BCUT2D eigenvalue weighted by Crippen LogP contribution is -2.15. The molecule has 0 saturated carbocycles. The Balaban J connectivity index is 2.54. The number of halogens is 1. The molecule has 0 bridgehead atoms. The lowest BCUT2D eigenvalue weighted by molar-refractivity contribution is -0.383. The van der Waals surface area contributed by atoms with Crippen molar-refractivity contribution in [3.05, 3.63) is 46.5 Å². The SMILES string of the molecule is CNc1ncnc(N(C)c2cccc(F)c2)c1[N+](=O)[O-]. The maximum atomic E-state index is 13.2. The van der Waals surface area contributed by atoms with Crippen LogP contribution in [-0.2, 0) is 0 Å². The molecule has 0 aliphatic heterocycles. The fourth-order valence-electron chi connectivity index (χ4n) is 1.77. The van der Waals surface area contributed by atoms with E-state index in [0.29, 0.717) is 5.69 Å². The van der Waals surface area contributed by atoms with E-state index in [4.69, 9.17) is 0 Å². The largest absolute Gasteiger partial charge is 0.367 e. The Hall–Kier alpha value is -2.77. The van der Waals surface area contributed by atoms with Crippen LogP contribution in [0.4, 0.5) is 27.4 Å². The lowest BCUT2D eigenvalue weighted by Gasteiger charge is -2.18. The molecule has 0 fully saturated rings.